The minimum absolute atomic E-state index is 0.210. The summed E-state index contributed by atoms with van der Waals surface area (Å²) in [7, 11) is 0. The van der Waals surface area contributed by atoms with E-state index in [1.807, 2.05) is 20.8 Å². The average molecular weight is 300 g/mol. The molecule has 0 radical (unpaired) electrons. The van der Waals surface area contributed by atoms with Gasteiger partial charge in [0.05, 0.1) is 6.61 Å². The molecule has 0 bridgehead atoms. The van der Waals surface area contributed by atoms with Crippen molar-refractivity contribution < 1.29 is 5.11 Å². The summed E-state index contributed by atoms with van der Waals surface area (Å²) in [6.45, 7) is 9.02. The van der Waals surface area contributed by atoms with E-state index in [-0.39, 0.29) is 6.61 Å². The molecule has 0 aromatic heterocycles. The number of rotatable bonds is 4. The fraction of sp³-hybridized carbons (Fsp3) is 0.647. The lowest BCUT2D eigenvalue weighted by Gasteiger charge is -2.28. The molecule has 1 atom stereocenters. The minimum atomic E-state index is 0.210. The Morgan fingerprint density at radius 3 is 2.45 bits per heavy atom. The second-order valence-electron chi connectivity index (χ2n) is 4.08. The zero-order chi connectivity index (χ0) is 15.8. The van der Waals surface area contributed by atoms with Gasteiger partial charge >= 0.3 is 0 Å². The zero-order valence-electron chi connectivity index (χ0n) is 13.8. The molecule has 1 fully saturated rings. The molecule has 20 heavy (non-hydrogen) atoms. The maximum Gasteiger partial charge on any atom is 0.0556 e. The minimum Gasteiger partial charge on any atom is -0.395 e. The second-order valence-corrected chi connectivity index (χ2v) is 4.08. The van der Waals surface area contributed by atoms with Crippen LogP contribution in [0.3, 0.4) is 0 Å². The van der Waals surface area contributed by atoms with Gasteiger partial charge in [-0.1, -0.05) is 38.2 Å². The quantitative estimate of drug-likeness (QED) is 0.682. The Bertz CT molecular complexity index is 295. The molecule has 1 rings (SSSR count). The van der Waals surface area contributed by atoms with Crippen LogP contribution < -0.4 is 5.32 Å². The number of thiol groups is 1. The first-order valence-electron chi connectivity index (χ1n) is 7.60. The van der Waals surface area contributed by atoms with Crippen LogP contribution in [0.4, 0.5) is 0 Å². The van der Waals surface area contributed by atoms with Crippen molar-refractivity contribution in [1.29, 1.82) is 0 Å². The van der Waals surface area contributed by atoms with E-state index >= 15 is 0 Å². The van der Waals surface area contributed by atoms with E-state index in [0.29, 0.717) is 12.6 Å². The molecule has 0 aromatic carbocycles. The van der Waals surface area contributed by atoms with Gasteiger partial charge in [0.2, 0.25) is 0 Å². The first-order valence-corrected chi connectivity index (χ1v) is 8.50. The second kappa shape index (κ2) is 16.5. The summed E-state index contributed by atoms with van der Waals surface area (Å²) in [5.41, 5.74) is 2.83. The molecule has 3 heteroatoms. The van der Waals surface area contributed by atoms with Crippen LogP contribution in [0.1, 0.15) is 47.0 Å². The van der Waals surface area contributed by atoms with Crippen LogP contribution in [0, 0.1) is 0 Å². The maximum absolute atomic E-state index is 8.86. The van der Waals surface area contributed by atoms with Gasteiger partial charge in [-0.25, -0.2) is 0 Å². The summed E-state index contributed by atoms with van der Waals surface area (Å²) < 4.78 is 0. The Kier molecular flexibility index (Phi) is 18.0. The van der Waals surface area contributed by atoms with E-state index in [9.17, 15) is 0 Å². The van der Waals surface area contributed by atoms with Crippen molar-refractivity contribution >= 4 is 12.6 Å². The van der Waals surface area contributed by atoms with E-state index in [1.165, 1.54) is 30.4 Å². The van der Waals surface area contributed by atoms with Gasteiger partial charge in [-0.2, -0.15) is 12.6 Å². The number of nitrogens with one attached hydrogen (secondary N) is 1. The molecule has 118 valence electrons. The third-order valence-electron chi connectivity index (χ3n) is 2.99. The lowest BCUT2D eigenvalue weighted by Crippen LogP contribution is -2.35. The maximum atomic E-state index is 8.86. The predicted molar refractivity (Wildman–Crippen MR) is 95.6 cm³/mol. The summed E-state index contributed by atoms with van der Waals surface area (Å²) in [4.78, 5) is 0. The molecule has 0 heterocycles. The molecular formula is C17H33NOS. The molecule has 0 aromatic rings. The van der Waals surface area contributed by atoms with E-state index in [0.717, 1.165) is 0 Å². The van der Waals surface area contributed by atoms with Crippen molar-refractivity contribution in [3.63, 3.8) is 0 Å². The van der Waals surface area contributed by atoms with Crippen molar-refractivity contribution in [2.75, 3.05) is 19.4 Å². The molecule has 0 saturated heterocycles. The van der Waals surface area contributed by atoms with Crippen LogP contribution >= 0.6 is 12.6 Å². The molecule has 0 aliphatic heterocycles. The monoisotopic (exact) mass is 299 g/mol. The van der Waals surface area contributed by atoms with Gasteiger partial charge < -0.3 is 10.4 Å². The third kappa shape index (κ3) is 8.62. The van der Waals surface area contributed by atoms with Crippen LogP contribution in [-0.4, -0.2) is 30.6 Å². The highest BCUT2D eigenvalue weighted by Gasteiger charge is 2.20. The van der Waals surface area contributed by atoms with E-state index in [2.05, 4.69) is 49.2 Å². The predicted octanol–water partition coefficient (Wildman–Crippen LogP) is 4.14. The molecule has 1 aliphatic carbocycles. The third-order valence-corrected chi connectivity index (χ3v) is 2.99. The lowest BCUT2D eigenvalue weighted by atomic mass is 9.85. The normalized spacial score (nSPS) is 22.2. The smallest absolute Gasteiger partial charge is 0.0556 e. The van der Waals surface area contributed by atoms with Crippen LogP contribution in [0.25, 0.3) is 0 Å². The van der Waals surface area contributed by atoms with Gasteiger partial charge in [0.1, 0.15) is 0 Å². The van der Waals surface area contributed by atoms with Crippen LogP contribution in [0.5, 0.6) is 0 Å². The lowest BCUT2D eigenvalue weighted by molar-refractivity contribution is 0.284. The van der Waals surface area contributed by atoms with Crippen molar-refractivity contribution in [2.24, 2.45) is 0 Å². The number of aliphatic hydroxyl groups excluding tert-OH is 1. The summed E-state index contributed by atoms with van der Waals surface area (Å²) in [5, 5.41) is 12.3. The Morgan fingerprint density at radius 1 is 1.30 bits per heavy atom. The molecule has 0 amide bonds. The number of aliphatic hydroxyl groups is 1. The highest BCUT2D eigenvalue weighted by Crippen LogP contribution is 2.29. The Hall–Kier alpha value is -0.510. The summed E-state index contributed by atoms with van der Waals surface area (Å²) in [6, 6.07) is 0.419. The first kappa shape index (κ1) is 21.8. The van der Waals surface area contributed by atoms with Crippen molar-refractivity contribution in [3.8, 4) is 0 Å². The van der Waals surface area contributed by atoms with Gasteiger partial charge in [0.25, 0.3) is 0 Å². The largest absolute Gasteiger partial charge is 0.395 e. The van der Waals surface area contributed by atoms with Crippen LogP contribution in [0.15, 0.2) is 35.5 Å². The molecule has 1 aliphatic rings. The number of hydrogen-bond donors (Lipinski definition) is 3. The van der Waals surface area contributed by atoms with Crippen molar-refractivity contribution in [1.82, 2.24) is 5.32 Å². The Labute approximate surface area is 131 Å². The number of hydrogen-bond acceptors (Lipinski definition) is 3. The van der Waals surface area contributed by atoms with E-state index in [4.69, 9.17) is 5.11 Å². The van der Waals surface area contributed by atoms with Crippen molar-refractivity contribution in [2.45, 2.75) is 53.0 Å². The zero-order valence-corrected chi connectivity index (χ0v) is 14.7. The summed E-state index contributed by atoms with van der Waals surface area (Å²) in [6.07, 6.45) is 13.8. The topological polar surface area (TPSA) is 32.3 Å². The molecule has 0 spiro atoms. The molecule has 1 unspecified atom stereocenters. The van der Waals surface area contributed by atoms with Gasteiger partial charge in [-0.3, -0.25) is 0 Å². The van der Waals surface area contributed by atoms with Gasteiger partial charge in [0.15, 0.2) is 0 Å². The summed E-state index contributed by atoms with van der Waals surface area (Å²) >= 11 is 3.53. The Morgan fingerprint density at radius 2 is 1.95 bits per heavy atom. The highest BCUT2D eigenvalue weighted by molar-refractivity contribution is 7.79. The highest BCUT2D eigenvalue weighted by atomic mass is 32.1. The molecule has 2 N–H and O–H groups in total. The first-order chi connectivity index (χ1) is 9.83. The molecule has 2 nitrogen and oxygen atoms in total. The van der Waals surface area contributed by atoms with Crippen molar-refractivity contribution in [3.05, 3.63) is 35.5 Å². The average Bonchev–Trinajstić information content (AvgIpc) is 2.54. The van der Waals surface area contributed by atoms with E-state index < -0.39 is 0 Å². The Balaban J connectivity index is 0. The van der Waals surface area contributed by atoms with Crippen LogP contribution in [-0.2, 0) is 0 Å². The fourth-order valence-corrected chi connectivity index (χ4v) is 2.25. The van der Waals surface area contributed by atoms with Gasteiger partial charge in [-0.15, -0.1) is 0 Å². The van der Waals surface area contributed by atoms with Gasteiger partial charge in [-0.05, 0) is 50.5 Å². The van der Waals surface area contributed by atoms with Crippen LogP contribution in [0.2, 0.25) is 0 Å². The molecule has 1 saturated carbocycles. The number of allylic oxidation sites excluding steroid dienone is 4. The molecular weight excluding hydrogens is 266 g/mol. The SMILES string of the molecule is CC.CS.C\C=C/C=C1/CCCC(NCCO)/C1=C/C. The summed E-state index contributed by atoms with van der Waals surface area (Å²) in [5.74, 6) is 0. The van der Waals surface area contributed by atoms with Gasteiger partial charge in [0, 0.05) is 12.6 Å². The van der Waals surface area contributed by atoms with E-state index in [1.54, 1.807) is 6.26 Å². The fourth-order valence-electron chi connectivity index (χ4n) is 2.25. The standard InChI is InChI=1S/C14H23NO.C2H6.CH4S/c1-3-5-7-12-8-6-9-14(13(12)4-2)15-10-11-16;2*1-2/h3-5,7,14-16H,6,8-11H2,1-2H3;1-2H3;2H,1H3/b5-3-,12-7-,13-4+;;.